The zero-order chi connectivity index (χ0) is 14.3. The molecule has 1 heterocycles. The Morgan fingerprint density at radius 3 is 2.53 bits per heavy atom. The number of nitrogens with zero attached hydrogens (tertiary/aromatic N) is 2. The Kier molecular flexibility index (Phi) is 6.01. The highest BCUT2D eigenvalue weighted by molar-refractivity contribution is 5.14. The number of methoxy groups -OCH3 is 1. The van der Waals surface area contributed by atoms with Gasteiger partial charge in [0.05, 0.1) is 18.8 Å². The van der Waals surface area contributed by atoms with Crippen LogP contribution in [-0.4, -0.2) is 30.0 Å². The Balaban J connectivity index is 2.60. The van der Waals surface area contributed by atoms with Crippen LogP contribution in [0.5, 0.6) is 5.88 Å². The lowest BCUT2D eigenvalue weighted by Gasteiger charge is -2.17. The molecule has 1 N–H and O–H groups in total. The van der Waals surface area contributed by atoms with Crippen molar-refractivity contribution in [2.45, 2.75) is 38.4 Å². The molecule has 7 heteroatoms. The Hall–Kier alpha value is -1.37. The van der Waals surface area contributed by atoms with Gasteiger partial charge in [-0.15, -0.1) is 5.10 Å². The number of hydrogen-bond donors (Lipinski definition) is 1. The van der Waals surface area contributed by atoms with E-state index in [1.807, 2.05) is 6.92 Å². The van der Waals surface area contributed by atoms with Crippen LogP contribution in [-0.2, 0) is 0 Å². The number of ether oxygens (including phenoxy) is 1. The van der Waals surface area contributed by atoms with E-state index < -0.39 is 12.6 Å². The first-order chi connectivity index (χ1) is 8.96. The van der Waals surface area contributed by atoms with Gasteiger partial charge < -0.3 is 10.1 Å². The number of hydrogen-bond acceptors (Lipinski definition) is 4. The van der Waals surface area contributed by atoms with Crippen molar-refractivity contribution in [1.29, 1.82) is 0 Å². The summed E-state index contributed by atoms with van der Waals surface area (Å²) in [4.78, 5) is 0. The van der Waals surface area contributed by atoms with Crippen LogP contribution in [0, 0.1) is 0 Å². The van der Waals surface area contributed by atoms with Crippen molar-refractivity contribution in [2.75, 3.05) is 13.7 Å². The predicted octanol–water partition coefficient (Wildman–Crippen LogP) is 2.87. The molecular weight excluding hydrogens is 259 g/mol. The molecule has 0 saturated heterocycles. The molecule has 108 valence electrons. The van der Waals surface area contributed by atoms with Crippen molar-refractivity contribution in [3.8, 4) is 5.88 Å². The lowest BCUT2D eigenvalue weighted by Crippen LogP contribution is -2.22. The van der Waals surface area contributed by atoms with Gasteiger partial charge in [0, 0.05) is 12.5 Å². The highest BCUT2D eigenvalue weighted by Gasteiger charge is 2.27. The third-order valence-electron chi connectivity index (χ3n) is 2.63. The largest absolute Gasteiger partial charge is 0.480 e. The van der Waals surface area contributed by atoms with Crippen molar-refractivity contribution in [2.24, 2.45) is 0 Å². The fourth-order valence-electron chi connectivity index (χ4n) is 1.73. The van der Waals surface area contributed by atoms with Gasteiger partial charge in [0.2, 0.25) is 5.88 Å². The van der Waals surface area contributed by atoms with E-state index in [2.05, 4.69) is 15.5 Å². The third kappa shape index (κ3) is 5.87. The van der Waals surface area contributed by atoms with E-state index >= 15 is 0 Å². The second-order valence-electron chi connectivity index (χ2n) is 4.12. The van der Waals surface area contributed by atoms with Crippen LogP contribution in [0.25, 0.3) is 0 Å². The molecular formula is C12H18F3N3O. The van der Waals surface area contributed by atoms with Gasteiger partial charge >= 0.3 is 6.18 Å². The number of halogens is 3. The number of alkyl halides is 3. The first kappa shape index (κ1) is 15.7. The molecule has 0 aliphatic carbocycles. The smallest absolute Gasteiger partial charge is 0.389 e. The summed E-state index contributed by atoms with van der Waals surface area (Å²) in [6, 6.07) is 3.15. The van der Waals surface area contributed by atoms with Gasteiger partial charge in [0.15, 0.2) is 0 Å². The Morgan fingerprint density at radius 1 is 1.32 bits per heavy atom. The molecule has 1 aromatic rings. The number of nitrogens with one attached hydrogen (secondary N) is 1. The first-order valence-corrected chi connectivity index (χ1v) is 6.14. The van der Waals surface area contributed by atoms with Gasteiger partial charge in [-0.25, -0.2) is 0 Å². The van der Waals surface area contributed by atoms with E-state index in [0.717, 1.165) is 0 Å². The van der Waals surface area contributed by atoms with Crippen LogP contribution in [0.1, 0.15) is 37.9 Å². The zero-order valence-electron chi connectivity index (χ0n) is 11.0. The lowest BCUT2D eigenvalue weighted by atomic mass is 10.1. The maximum absolute atomic E-state index is 12.1. The number of aromatic nitrogens is 2. The molecule has 0 aliphatic heterocycles. The van der Waals surface area contributed by atoms with E-state index in [1.54, 1.807) is 12.1 Å². The minimum absolute atomic E-state index is 0.0644. The normalized spacial score (nSPS) is 13.3. The maximum Gasteiger partial charge on any atom is 0.389 e. The van der Waals surface area contributed by atoms with Crippen LogP contribution >= 0.6 is 0 Å². The molecule has 4 nitrogen and oxygen atoms in total. The van der Waals surface area contributed by atoms with Crippen molar-refractivity contribution >= 4 is 0 Å². The molecule has 0 aromatic carbocycles. The minimum atomic E-state index is -4.11. The second-order valence-corrected chi connectivity index (χ2v) is 4.12. The van der Waals surface area contributed by atoms with Gasteiger partial charge in [0.1, 0.15) is 0 Å². The van der Waals surface area contributed by atoms with Gasteiger partial charge in [-0.1, -0.05) is 6.92 Å². The maximum atomic E-state index is 12.1. The average Bonchev–Trinajstić information content (AvgIpc) is 2.36. The Labute approximate surface area is 110 Å². The molecule has 0 spiro atoms. The summed E-state index contributed by atoms with van der Waals surface area (Å²) in [5, 5.41) is 10.9. The van der Waals surface area contributed by atoms with Crippen LogP contribution in [0.15, 0.2) is 12.1 Å². The molecule has 0 aliphatic rings. The second kappa shape index (κ2) is 7.28. The van der Waals surface area contributed by atoms with E-state index in [4.69, 9.17) is 4.74 Å². The summed E-state index contributed by atoms with van der Waals surface area (Å²) in [6.45, 7) is 2.55. The van der Waals surface area contributed by atoms with E-state index in [0.29, 0.717) is 24.5 Å². The minimum Gasteiger partial charge on any atom is -0.480 e. The Bertz CT molecular complexity index is 367. The zero-order valence-corrected chi connectivity index (χ0v) is 11.0. The Morgan fingerprint density at radius 2 is 2.05 bits per heavy atom. The topological polar surface area (TPSA) is 47.0 Å². The first-order valence-electron chi connectivity index (χ1n) is 6.14. The summed E-state index contributed by atoms with van der Waals surface area (Å²) in [5.41, 5.74) is 0.629. The summed E-state index contributed by atoms with van der Waals surface area (Å²) in [5.74, 6) is 0.384. The molecule has 0 bridgehead atoms. The van der Waals surface area contributed by atoms with Gasteiger partial charge in [-0.3, -0.25) is 0 Å². The lowest BCUT2D eigenvalue weighted by molar-refractivity contribution is -0.135. The predicted molar refractivity (Wildman–Crippen MR) is 64.9 cm³/mol. The number of rotatable bonds is 7. The molecule has 1 aromatic heterocycles. The van der Waals surface area contributed by atoms with E-state index in [1.165, 1.54) is 7.11 Å². The average molecular weight is 277 g/mol. The monoisotopic (exact) mass is 277 g/mol. The third-order valence-corrected chi connectivity index (χ3v) is 2.63. The van der Waals surface area contributed by atoms with Crippen molar-refractivity contribution in [3.05, 3.63) is 17.8 Å². The highest BCUT2D eigenvalue weighted by Crippen LogP contribution is 2.25. The van der Waals surface area contributed by atoms with Gasteiger partial charge in [-0.2, -0.15) is 18.3 Å². The van der Waals surface area contributed by atoms with Crippen LogP contribution in [0.2, 0.25) is 0 Å². The molecule has 1 atom stereocenters. The summed E-state index contributed by atoms with van der Waals surface area (Å²) < 4.78 is 41.3. The molecule has 0 amide bonds. The molecule has 0 saturated carbocycles. The highest BCUT2D eigenvalue weighted by atomic mass is 19.4. The summed E-state index contributed by atoms with van der Waals surface area (Å²) in [7, 11) is 1.48. The van der Waals surface area contributed by atoms with Crippen molar-refractivity contribution < 1.29 is 17.9 Å². The van der Waals surface area contributed by atoms with E-state index in [9.17, 15) is 13.2 Å². The van der Waals surface area contributed by atoms with Gasteiger partial charge in [-0.05, 0) is 25.5 Å². The fraction of sp³-hybridized carbons (Fsp3) is 0.667. The van der Waals surface area contributed by atoms with Crippen molar-refractivity contribution in [3.63, 3.8) is 0 Å². The quantitative estimate of drug-likeness (QED) is 0.832. The van der Waals surface area contributed by atoms with Crippen LogP contribution in [0.3, 0.4) is 0 Å². The molecule has 1 unspecified atom stereocenters. The van der Waals surface area contributed by atoms with E-state index in [-0.39, 0.29) is 12.5 Å². The molecule has 1 rings (SSSR count). The van der Waals surface area contributed by atoms with Gasteiger partial charge in [0.25, 0.3) is 0 Å². The molecule has 19 heavy (non-hydrogen) atoms. The SMILES string of the molecule is CCNC(CCCC(F)(F)F)c1ccc(OC)nn1. The molecule has 0 fully saturated rings. The summed E-state index contributed by atoms with van der Waals surface area (Å²) in [6.07, 6.45) is -4.45. The van der Waals surface area contributed by atoms with Crippen molar-refractivity contribution in [1.82, 2.24) is 15.5 Å². The standard InChI is InChI=1S/C12H18F3N3O/c1-3-16-9(5-4-8-12(13,14)15)10-6-7-11(19-2)18-17-10/h6-7,9,16H,3-5,8H2,1-2H3. The van der Waals surface area contributed by atoms with Crippen LogP contribution in [0.4, 0.5) is 13.2 Å². The fourth-order valence-corrected chi connectivity index (χ4v) is 1.73. The summed E-state index contributed by atoms with van der Waals surface area (Å²) >= 11 is 0. The van der Waals surface area contributed by atoms with Crippen LogP contribution < -0.4 is 10.1 Å². The molecule has 0 radical (unpaired) electrons.